The van der Waals surface area contributed by atoms with Crippen LogP contribution < -0.4 is 5.43 Å². The van der Waals surface area contributed by atoms with Gasteiger partial charge in [0.25, 0.3) is 5.91 Å². The minimum Gasteiger partial charge on any atom is -0.299 e. The van der Waals surface area contributed by atoms with Gasteiger partial charge in [-0.2, -0.15) is 5.10 Å². The average molecular weight is 468 g/mol. The molecule has 0 aliphatic heterocycles. The first kappa shape index (κ1) is 22.6. The summed E-state index contributed by atoms with van der Waals surface area (Å²) >= 11 is 7.37. The lowest BCUT2D eigenvalue weighted by molar-refractivity contribution is -0.118. The van der Waals surface area contributed by atoms with Crippen LogP contribution in [0.15, 0.2) is 58.8 Å². The van der Waals surface area contributed by atoms with E-state index in [0.29, 0.717) is 11.1 Å². The molecule has 1 saturated carbocycles. The molecule has 6 nitrogen and oxygen atoms in total. The number of aromatic nitrogens is 3. The maximum absolute atomic E-state index is 12.3. The summed E-state index contributed by atoms with van der Waals surface area (Å²) in [6, 6.07) is 16.0. The van der Waals surface area contributed by atoms with Crippen LogP contribution in [0.1, 0.15) is 49.3 Å². The first-order valence-electron chi connectivity index (χ1n) is 10.8. The van der Waals surface area contributed by atoms with E-state index in [2.05, 4.69) is 56.5 Å². The fourth-order valence-electron chi connectivity index (χ4n) is 3.87. The number of hydrogen-bond donors (Lipinski definition) is 1. The summed E-state index contributed by atoms with van der Waals surface area (Å²) in [5, 5.41) is 14.4. The molecule has 2 aromatic carbocycles. The monoisotopic (exact) mass is 467 g/mol. The largest absolute Gasteiger partial charge is 0.299 e. The van der Waals surface area contributed by atoms with Crippen LogP contribution in [0.2, 0.25) is 5.02 Å². The molecule has 0 radical (unpaired) electrons. The summed E-state index contributed by atoms with van der Waals surface area (Å²) in [6.45, 7) is 2.07. The number of nitrogens with zero attached hydrogens (tertiary/aromatic N) is 4. The van der Waals surface area contributed by atoms with E-state index in [-0.39, 0.29) is 11.7 Å². The molecule has 8 heteroatoms. The van der Waals surface area contributed by atoms with Gasteiger partial charge in [-0.15, -0.1) is 10.2 Å². The van der Waals surface area contributed by atoms with Gasteiger partial charge in [0.2, 0.25) is 0 Å². The number of nitrogens with one attached hydrogen (secondary N) is 1. The number of aryl methyl sites for hydroxylation is 1. The van der Waals surface area contributed by atoms with Crippen LogP contribution in [0.3, 0.4) is 0 Å². The van der Waals surface area contributed by atoms with Crippen molar-refractivity contribution in [3.63, 3.8) is 0 Å². The van der Waals surface area contributed by atoms with Gasteiger partial charge < -0.3 is 0 Å². The summed E-state index contributed by atoms with van der Waals surface area (Å²) in [5.74, 6) is 0.896. The lowest BCUT2D eigenvalue weighted by atomic mass is 9.95. The summed E-state index contributed by atoms with van der Waals surface area (Å²) in [4.78, 5) is 12.3. The van der Waals surface area contributed by atoms with E-state index in [1.165, 1.54) is 36.6 Å². The zero-order chi connectivity index (χ0) is 22.3. The third-order valence-electron chi connectivity index (χ3n) is 5.50. The van der Waals surface area contributed by atoms with E-state index >= 15 is 0 Å². The predicted octanol–water partition coefficient (Wildman–Crippen LogP) is 5.65. The minimum absolute atomic E-state index is 0.191. The van der Waals surface area contributed by atoms with E-state index in [4.69, 9.17) is 11.6 Å². The lowest BCUT2D eigenvalue weighted by Gasteiger charge is -2.25. The van der Waals surface area contributed by atoms with E-state index in [1.54, 1.807) is 18.3 Å². The molecule has 0 unspecified atom stereocenters. The lowest BCUT2D eigenvalue weighted by Crippen LogP contribution is -2.20. The van der Waals surface area contributed by atoms with Crippen LogP contribution in [0.5, 0.6) is 0 Å². The summed E-state index contributed by atoms with van der Waals surface area (Å²) < 4.78 is 2.23. The highest BCUT2D eigenvalue weighted by atomic mass is 35.5. The normalized spacial score (nSPS) is 14.7. The third kappa shape index (κ3) is 5.78. The zero-order valence-electron chi connectivity index (χ0n) is 18.0. The zero-order valence-corrected chi connectivity index (χ0v) is 19.6. The van der Waals surface area contributed by atoms with Crippen LogP contribution in [0.4, 0.5) is 0 Å². The first-order chi connectivity index (χ1) is 15.6. The number of rotatable bonds is 7. The molecule has 0 atom stereocenters. The maximum atomic E-state index is 12.3. The number of halogens is 1. The molecule has 1 N–H and O–H groups in total. The van der Waals surface area contributed by atoms with E-state index in [1.807, 2.05) is 12.1 Å². The van der Waals surface area contributed by atoms with Crippen molar-refractivity contribution in [2.75, 3.05) is 5.75 Å². The number of carbonyl (C=O) groups excluding carboxylic acids is 1. The van der Waals surface area contributed by atoms with E-state index < -0.39 is 0 Å². The van der Waals surface area contributed by atoms with Gasteiger partial charge in [0.15, 0.2) is 11.0 Å². The van der Waals surface area contributed by atoms with Crippen molar-refractivity contribution in [2.45, 2.75) is 50.2 Å². The summed E-state index contributed by atoms with van der Waals surface area (Å²) in [6.07, 6.45) is 7.49. The van der Waals surface area contributed by atoms with Crippen molar-refractivity contribution in [1.29, 1.82) is 0 Å². The molecule has 0 bridgehead atoms. The number of benzene rings is 2. The minimum atomic E-state index is -0.191. The second-order valence-electron chi connectivity index (χ2n) is 7.97. The van der Waals surface area contributed by atoms with Crippen LogP contribution in [-0.4, -0.2) is 32.6 Å². The second kappa shape index (κ2) is 10.8. The molecule has 0 spiro atoms. The van der Waals surface area contributed by atoms with Gasteiger partial charge in [-0.3, -0.25) is 9.36 Å². The van der Waals surface area contributed by atoms with Crippen molar-refractivity contribution >= 4 is 35.5 Å². The van der Waals surface area contributed by atoms with Gasteiger partial charge in [0.1, 0.15) is 0 Å². The molecule has 1 heterocycles. The Morgan fingerprint density at radius 3 is 2.72 bits per heavy atom. The first-order valence-corrected chi connectivity index (χ1v) is 12.2. The molecule has 3 aromatic rings. The molecule has 1 aliphatic carbocycles. The van der Waals surface area contributed by atoms with Gasteiger partial charge in [0, 0.05) is 16.6 Å². The van der Waals surface area contributed by atoms with Gasteiger partial charge in [-0.25, -0.2) is 5.43 Å². The second-order valence-corrected chi connectivity index (χ2v) is 9.35. The number of amides is 1. The van der Waals surface area contributed by atoms with Crippen molar-refractivity contribution in [3.05, 3.63) is 64.7 Å². The number of thioether (sulfide) groups is 1. The van der Waals surface area contributed by atoms with Gasteiger partial charge in [-0.1, -0.05) is 84.6 Å². The highest BCUT2D eigenvalue weighted by Gasteiger charge is 2.24. The average Bonchev–Trinajstić information content (AvgIpc) is 3.23. The van der Waals surface area contributed by atoms with Crippen molar-refractivity contribution in [2.24, 2.45) is 5.10 Å². The number of carbonyl (C=O) groups is 1. The quantitative estimate of drug-likeness (QED) is 0.276. The molecule has 0 saturated heterocycles. The number of hydrogen-bond acceptors (Lipinski definition) is 5. The van der Waals surface area contributed by atoms with E-state index in [0.717, 1.165) is 34.9 Å². The fraction of sp³-hybridized carbons (Fsp3) is 0.333. The Balaban J connectivity index is 1.45. The predicted molar refractivity (Wildman–Crippen MR) is 130 cm³/mol. The molecule has 1 amide bonds. The molecular formula is C24H26ClN5OS. The van der Waals surface area contributed by atoms with Crippen molar-refractivity contribution in [1.82, 2.24) is 20.2 Å². The molecule has 1 aliphatic rings. The maximum Gasteiger partial charge on any atom is 0.250 e. The molecule has 166 valence electrons. The van der Waals surface area contributed by atoms with Gasteiger partial charge >= 0.3 is 0 Å². The van der Waals surface area contributed by atoms with Crippen molar-refractivity contribution in [3.8, 4) is 11.4 Å². The topological polar surface area (TPSA) is 72.2 Å². The Bertz CT molecular complexity index is 1090. The van der Waals surface area contributed by atoms with Gasteiger partial charge in [-0.05, 0) is 37.5 Å². The van der Waals surface area contributed by atoms with Gasteiger partial charge in [0.05, 0.1) is 12.0 Å². The number of hydrazone groups is 1. The molecule has 1 fully saturated rings. The molecule has 32 heavy (non-hydrogen) atoms. The summed E-state index contributed by atoms with van der Waals surface area (Å²) in [5.41, 5.74) is 5.66. The van der Waals surface area contributed by atoms with Crippen LogP contribution in [0.25, 0.3) is 11.4 Å². The smallest absolute Gasteiger partial charge is 0.250 e. The summed E-state index contributed by atoms with van der Waals surface area (Å²) in [7, 11) is 0. The Labute approximate surface area is 197 Å². The Hall–Kier alpha value is -2.64. The Morgan fingerprint density at radius 2 is 1.97 bits per heavy atom. The van der Waals surface area contributed by atoms with Crippen molar-refractivity contribution < 1.29 is 4.79 Å². The Kier molecular flexibility index (Phi) is 7.60. The standard InChI is InChI=1S/C24H26ClN5OS/c1-17-10-12-19(13-11-17)23-28-29-24(30(23)21-8-3-2-4-9-21)32-16-22(31)27-26-15-18-6-5-7-20(25)14-18/h5-7,10-15,21H,2-4,8-9,16H2,1H3,(H,27,31)/b26-15-. The SMILES string of the molecule is Cc1ccc(-c2nnc(SCC(=O)N/N=C\c3cccc(Cl)c3)n2C2CCCCC2)cc1. The molecule has 4 rings (SSSR count). The fourth-order valence-corrected chi connectivity index (χ4v) is 4.87. The van der Waals surface area contributed by atoms with Crippen LogP contribution in [0, 0.1) is 6.92 Å². The van der Waals surface area contributed by atoms with Crippen LogP contribution >= 0.6 is 23.4 Å². The molecule has 1 aromatic heterocycles. The third-order valence-corrected chi connectivity index (χ3v) is 6.68. The van der Waals surface area contributed by atoms with E-state index in [9.17, 15) is 4.79 Å². The van der Waals surface area contributed by atoms with Crippen LogP contribution in [-0.2, 0) is 4.79 Å². The molecular weight excluding hydrogens is 442 g/mol. The Morgan fingerprint density at radius 1 is 1.19 bits per heavy atom. The highest BCUT2D eigenvalue weighted by Crippen LogP contribution is 2.35. The highest BCUT2D eigenvalue weighted by molar-refractivity contribution is 7.99.